The number of benzene rings is 2. The molecule has 1 amide bonds. The first kappa shape index (κ1) is 21.7. The number of amides is 1. The lowest BCUT2D eigenvalue weighted by Crippen LogP contribution is -2.44. The van der Waals surface area contributed by atoms with Gasteiger partial charge in [0.2, 0.25) is 5.91 Å². The van der Waals surface area contributed by atoms with Gasteiger partial charge in [0.05, 0.1) is 10.3 Å². The second-order valence-electron chi connectivity index (χ2n) is 7.60. The maximum absolute atomic E-state index is 12.6. The molecule has 0 aliphatic heterocycles. The van der Waals surface area contributed by atoms with Gasteiger partial charge in [0, 0.05) is 21.8 Å². The highest BCUT2D eigenvalue weighted by Gasteiger charge is 2.24. The number of halogens is 2. The third-order valence-corrected chi connectivity index (χ3v) is 5.56. The zero-order chi connectivity index (χ0) is 21.2. The van der Waals surface area contributed by atoms with Gasteiger partial charge in [-0.15, -0.1) is 10.2 Å². The van der Waals surface area contributed by atoms with E-state index in [0.717, 1.165) is 5.69 Å². The molecule has 0 spiro atoms. The largest absolute Gasteiger partial charge is 0.351 e. The van der Waals surface area contributed by atoms with E-state index in [1.165, 1.54) is 11.8 Å². The van der Waals surface area contributed by atoms with E-state index in [0.29, 0.717) is 26.6 Å². The van der Waals surface area contributed by atoms with Crippen molar-refractivity contribution in [3.8, 4) is 17.1 Å². The first-order chi connectivity index (χ1) is 13.7. The van der Waals surface area contributed by atoms with Crippen molar-refractivity contribution in [2.24, 2.45) is 0 Å². The topological polar surface area (TPSA) is 59.8 Å². The molecule has 1 heterocycles. The Morgan fingerprint density at radius 2 is 1.79 bits per heavy atom. The van der Waals surface area contributed by atoms with Crippen LogP contribution in [-0.2, 0) is 4.79 Å². The van der Waals surface area contributed by atoms with Gasteiger partial charge in [-0.1, -0.05) is 53.2 Å². The second-order valence-corrected chi connectivity index (χ2v) is 9.75. The number of thioether (sulfide) groups is 1. The Bertz CT molecular complexity index is 1020. The zero-order valence-electron chi connectivity index (χ0n) is 16.6. The van der Waals surface area contributed by atoms with Crippen molar-refractivity contribution in [3.05, 3.63) is 58.6 Å². The van der Waals surface area contributed by atoms with Gasteiger partial charge >= 0.3 is 0 Å². The van der Waals surface area contributed by atoms with Crippen LogP contribution in [0.1, 0.15) is 27.7 Å². The molecule has 1 N–H and O–H groups in total. The second kappa shape index (κ2) is 8.78. The molecule has 8 heteroatoms. The third-order valence-electron chi connectivity index (χ3n) is 3.97. The van der Waals surface area contributed by atoms with Crippen LogP contribution in [0.25, 0.3) is 17.1 Å². The molecule has 0 aliphatic carbocycles. The van der Waals surface area contributed by atoms with E-state index in [4.69, 9.17) is 23.2 Å². The summed E-state index contributed by atoms with van der Waals surface area (Å²) in [7, 11) is 0. The van der Waals surface area contributed by atoms with Gasteiger partial charge < -0.3 is 5.32 Å². The van der Waals surface area contributed by atoms with E-state index in [1.54, 1.807) is 12.1 Å². The standard InChI is InChI=1S/C21H22Cl2N4OS/c1-13(19(28)24-21(2,3)4)29-20-26-25-18(16-11-10-14(22)12-17(16)23)27(20)15-8-6-5-7-9-15/h5-13H,1-4H3,(H,24,28). The molecule has 0 saturated carbocycles. The summed E-state index contributed by atoms with van der Waals surface area (Å²) in [5.74, 6) is 0.528. The van der Waals surface area contributed by atoms with Gasteiger partial charge in [0.1, 0.15) is 0 Å². The summed E-state index contributed by atoms with van der Waals surface area (Å²) in [6, 6.07) is 15.0. The van der Waals surface area contributed by atoms with Gasteiger partial charge in [-0.25, -0.2) is 0 Å². The number of carbonyl (C=O) groups excluding carboxylic acids is 1. The Morgan fingerprint density at radius 1 is 1.10 bits per heavy atom. The lowest BCUT2D eigenvalue weighted by atomic mass is 10.1. The monoisotopic (exact) mass is 448 g/mol. The molecular formula is C21H22Cl2N4OS. The fourth-order valence-corrected chi connectivity index (χ4v) is 4.04. The quantitative estimate of drug-likeness (QED) is 0.513. The Kier molecular flexibility index (Phi) is 6.56. The summed E-state index contributed by atoms with van der Waals surface area (Å²) in [5, 5.41) is 13.0. The number of hydrogen-bond donors (Lipinski definition) is 1. The number of carbonyl (C=O) groups is 1. The number of nitrogens with zero attached hydrogens (tertiary/aromatic N) is 3. The average Bonchev–Trinajstić information content (AvgIpc) is 3.04. The first-order valence-corrected chi connectivity index (χ1v) is 10.7. The number of nitrogens with one attached hydrogen (secondary N) is 1. The van der Waals surface area contributed by atoms with E-state index >= 15 is 0 Å². The minimum Gasteiger partial charge on any atom is -0.351 e. The molecular weight excluding hydrogens is 427 g/mol. The third kappa shape index (κ3) is 5.32. The molecule has 0 aliphatic rings. The van der Waals surface area contributed by atoms with Crippen LogP contribution >= 0.6 is 35.0 Å². The number of aromatic nitrogens is 3. The predicted molar refractivity (Wildman–Crippen MR) is 120 cm³/mol. The molecule has 1 unspecified atom stereocenters. The van der Waals surface area contributed by atoms with Crippen LogP contribution in [0.5, 0.6) is 0 Å². The molecule has 3 aromatic rings. The van der Waals surface area contributed by atoms with E-state index in [-0.39, 0.29) is 16.7 Å². The van der Waals surface area contributed by atoms with E-state index < -0.39 is 0 Å². The highest BCUT2D eigenvalue weighted by Crippen LogP contribution is 2.34. The van der Waals surface area contributed by atoms with Crippen LogP contribution < -0.4 is 5.32 Å². The van der Waals surface area contributed by atoms with Crippen molar-refractivity contribution >= 4 is 40.9 Å². The van der Waals surface area contributed by atoms with Gasteiger partial charge in [-0.3, -0.25) is 9.36 Å². The van der Waals surface area contributed by atoms with Gasteiger partial charge in [-0.2, -0.15) is 0 Å². The van der Waals surface area contributed by atoms with Gasteiger partial charge in [0.25, 0.3) is 0 Å². The lowest BCUT2D eigenvalue weighted by Gasteiger charge is -2.23. The molecule has 29 heavy (non-hydrogen) atoms. The van der Waals surface area contributed by atoms with Gasteiger partial charge in [0.15, 0.2) is 11.0 Å². The molecule has 2 aromatic carbocycles. The minimum absolute atomic E-state index is 0.0591. The summed E-state index contributed by atoms with van der Waals surface area (Å²) in [6.07, 6.45) is 0. The van der Waals surface area contributed by atoms with Crippen LogP contribution in [0, 0.1) is 0 Å². The summed E-state index contributed by atoms with van der Waals surface area (Å²) in [4.78, 5) is 12.6. The van der Waals surface area contributed by atoms with Crippen molar-refractivity contribution in [2.45, 2.75) is 43.6 Å². The Hall–Kier alpha value is -2.02. The molecule has 1 atom stereocenters. The van der Waals surface area contributed by atoms with Crippen LogP contribution in [0.3, 0.4) is 0 Å². The maximum atomic E-state index is 12.6. The molecule has 0 saturated heterocycles. The fraction of sp³-hybridized carbons (Fsp3) is 0.286. The first-order valence-electron chi connectivity index (χ1n) is 9.10. The summed E-state index contributed by atoms with van der Waals surface area (Å²) in [6.45, 7) is 7.71. The summed E-state index contributed by atoms with van der Waals surface area (Å²) in [5.41, 5.74) is 1.29. The number of para-hydroxylation sites is 1. The molecule has 152 valence electrons. The summed E-state index contributed by atoms with van der Waals surface area (Å²) < 4.78 is 1.90. The van der Waals surface area contributed by atoms with Crippen LogP contribution in [-0.4, -0.2) is 31.5 Å². The van der Waals surface area contributed by atoms with Crippen LogP contribution in [0.4, 0.5) is 0 Å². The summed E-state index contributed by atoms with van der Waals surface area (Å²) >= 11 is 13.8. The molecule has 0 radical (unpaired) electrons. The van der Waals surface area contributed by atoms with Crippen molar-refractivity contribution in [1.29, 1.82) is 0 Å². The highest BCUT2D eigenvalue weighted by molar-refractivity contribution is 8.00. The van der Waals surface area contributed by atoms with E-state index in [9.17, 15) is 4.79 Å². The normalized spacial score (nSPS) is 12.6. The van der Waals surface area contributed by atoms with E-state index in [2.05, 4.69) is 15.5 Å². The van der Waals surface area contributed by atoms with Crippen LogP contribution in [0.2, 0.25) is 10.0 Å². The molecule has 0 bridgehead atoms. The molecule has 5 nitrogen and oxygen atoms in total. The molecule has 1 aromatic heterocycles. The predicted octanol–water partition coefficient (Wildman–Crippen LogP) is 5.64. The van der Waals surface area contributed by atoms with Gasteiger partial charge in [-0.05, 0) is 58.0 Å². The number of rotatable bonds is 5. The van der Waals surface area contributed by atoms with Crippen molar-refractivity contribution < 1.29 is 4.79 Å². The van der Waals surface area contributed by atoms with Crippen LogP contribution in [0.15, 0.2) is 53.7 Å². The van der Waals surface area contributed by atoms with Crippen molar-refractivity contribution in [2.75, 3.05) is 0 Å². The van der Waals surface area contributed by atoms with E-state index in [1.807, 2.05) is 68.7 Å². The van der Waals surface area contributed by atoms with Crippen molar-refractivity contribution in [3.63, 3.8) is 0 Å². The maximum Gasteiger partial charge on any atom is 0.233 e. The SMILES string of the molecule is CC(Sc1nnc(-c2ccc(Cl)cc2Cl)n1-c1ccccc1)C(=O)NC(C)(C)C. The minimum atomic E-state index is -0.352. The molecule has 0 fully saturated rings. The Labute approximate surface area is 184 Å². The smallest absolute Gasteiger partial charge is 0.233 e. The fourth-order valence-electron chi connectivity index (χ4n) is 2.68. The Morgan fingerprint density at radius 3 is 2.41 bits per heavy atom. The Balaban J connectivity index is 2.02. The lowest BCUT2D eigenvalue weighted by molar-refractivity contribution is -0.121. The zero-order valence-corrected chi connectivity index (χ0v) is 18.9. The average molecular weight is 449 g/mol. The molecule has 3 rings (SSSR count). The highest BCUT2D eigenvalue weighted by atomic mass is 35.5. The number of hydrogen-bond acceptors (Lipinski definition) is 4. The van der Waals surface area contributed by atoms with Crippen molar-refractivity contribution in [1.82, 2.24) is 20.1 Å².